The quantitative estimate of drug-likeness (QED) is 0.227. The van der Waals surface area contributed by atoms with Gasteiger partial charge in [-0.25, -0.2) is 0 Å². The molecule has 2 unspecified atom stereocenters. The molecule has 3 aromatic carbocycles. The number of amides is 3. The molecular formula is C39H42ClN3O6. The molecular weight excluding hydrogens is 642 g/mol. The van der Waals surface area contributed by atoms with Gasteiger partial charge in [0.1, 0.15) is 17.4 Å². The Morgan fingerprint density at radius 1 is 1.02 bits per heavy atom. The molecule has 2 bridgehead atoms. The van der Waals surface area contributed by atoms with Gasteiger partial charge in [-0.05, 0) is 68.1 Å². The molecule has 6 rings (SSSR count). The molecule has 3 aliphatic rings. The highest BCUT2D eigenvalue weighted by molar-refractivity contribution is 6.34. The van der Waals surface area contributed by atoms with Crippen molar-refractivity contribution in [2.24, 2.45) is 11.8 Å². The fourth-order valence-electron chi connectivity index (χ4n) is 7.96. The fraction of sp³-hybridized carbons (Fsp3) is 0.359. The number of fused-ring (bicyclic) bond motifs is 1. The van der Waals surface area contributed by atoms with E-state index in [0.717, 1.165) is 5.56 Å². The molecule has 0 aromatic heterocycles. The van der Waals surface area contributed by atoms with Crippen molar-refractivity contribution in [3.05, 3.63) is 115 Å². The first-order valence-corrected chi connectivity index (χ1v) is 17.1. The van der Waals surface area contributed by atoms with Crippen molar-refractivity contribution in [3.8, 4) is 5.75 Å². The summed E-state index contributed by atoms with van der Waals surface area (Å²) in [5.41, 5.74) is 0.712. The average molecular weight is 684 g/mol. The minimum Gasteiger partial charge on any atom is -0.494 e. The van der Waals surface area contributed by atoms with Gasteiger partial charge in [0.05, 0.1) is 47.9 Å². The van der Waals surface area contributed by atoms with Crippen LogP contribution in [-0.2, 0) is 25.5 Å². The van der Waals surface area contributed by atoms with Crippen LogP contribution < -0.4 is 14.5 Å². The number of nitrogens with zero attached hydrogens (tertiary/aromatic N) is 3. The van der Waals surface area contributed by atoms with Gasteiger partial charge in [0.15, 0.2) is 0 Å². The lowest BCUT2D eigenvalue weighted by Crippen LogP contribution is -2.59. The number of ether oxygens (including phenoxy) is 2. The van der Waals surface area contributed by atoms with E-state index in [4.69, 9.17) is 21.1 Å². The second-order valence-corrected chi connectivity index (χ2v) is 13.1. The molecule has 1 N–H and O–H groups in total. The molecule has 3 saturated heterocycles. The van der Waals surface area contributed by atoms with E-state index in [-0.39, 0.29) is 24.9 Å². The Kier molecular flexibility index (Phi) is 10.2. The van der Waals surface area contributed by atoms with E-state index in [9.17, 15) is 14.7 Å². The highest BCUT2D eigenvalue weighted by Gasteiger charge is 2.75. The molecule has 3 aromatic rings. The lowest BCUT2D eigenvalue weighted by molar-refractivity contribution is -0.144. The van der Waals surface area contributed by atoms with Crippen LogP contribution in [0.3, 0.4) is 0 Å². The summed E-state index contributed by atoms with van der Waals surface area (Å²) >= 11 is 6.62. The predicted octanol–water partition coefficient (Wildman–Crippen LogP) is 5.46. The number of carbonyl (C=O) groups is 3. The van der Waals surface area contributed by atoms with E-state index in [1.807, 2.05) is 49.4 Å². The first kappa shape index (κ1) is 34.4. The van der Waals surface area contributed by atoms with Crippen LogP contribution in [0.4, 0.5) is 11.4 Å². The largest absolute Gasteiger partial charge is 0.494 e. The van der Waals surface area contributed by atoms with E-state index < -0.39 is 48.1 Å². The van der Waals surface area contributed by atoms with Crippen LogP contribution >= 0.6 is 11.6 Å². The van der Waals surface area contributed by atoms with Gasteiger partial charge in [-0.15, -0.1) is 13.2 Å². The third kappa shape index (κ3) is 6.16. The summed E-state index contributed by atoms with van der Waals surface area (Å²) in [5, 5.41) is 11.2. The number of aliphatic hydroxyl groups is 1. The zero-order valence-electron chi connectivity index (χ0n) is 27.6. The zero-order chi connectivity index (χ0) is 34.7. The number of para-hydroxylation sites is 1. The number of rotatable bonds is 14. The standard InChI is InChI=1S/C39H42ClN3O6/c1-4-22-41(27-16-18-29(19-17-27)48-6-3)36(45)33-32-20-21-39(49-32)34(33)37(46)43(28(25-44)24-26-12-8-7-9-13-26)35(39)38(47)42(23-5-2)31-15-11-10-14-30(31)40/h4-5,7-19,28,32-35,44H,1-2,6,20-25H2,3H3/t28-,32+,33-,34+,35?,39?/m1/s1. The Morgan fingerprint density at radius 3 is 2.35 bits per heavy atom. The molecule has 0 radical (unpaired) electrons. The van der Waals surface area contributed by atoms with Crippen molar-refractivity contribution in [1.29, 1.82) is 0 Å². The van der Waals surface area contributed by atoms with Crippen molar-refractivity contribution >= 4 is 40.7 Å². The summed E-state index contributed by atoms with van der Waals surface area (Å²) in [6.07, 6.45) is 3.89. The van der Waals surface area contributed by atoms with Gasteiger partial charge in [-0.1, -0.05) is 66.2 Å². The molecule has 9 nitrogen and oxygen atoms in total. The van der Waals surface area contributed by atoms with Crippen molar-refractivity contribution in [3.63, 3.8) is 0 Å². The maximum Gasteiger partial charge on any atom is 0.253 e. The zero-order valence-corrected chi connectivity index (χ0v) is 28.4. The third-order valence-electron chi connectivity index (χ3n) is 9.93. The van der Waals surface area contributed by atoms with Crippen LogP contribution in [0, 0.1) is 11.8 Å². The fourth-order valence-corrected chi connectivity index (χ4v) is 8.20. The van der Waals surface area contributed by atoms with Gasteiger partial charge in [0.25, 0.3) is 5.91 Å². The number of benzene rings is 3. The predicted molar refractivity (Wildman–Crippen MR) is 190 cm³/mol. The number of carbonyl (C=O) groups excluding carboxylic acids is 3. The monoisotopic (exact) mass is 683 g/mol. The van der Waals surface area contributed by atoms with Crippen LogP contribution in [-0.4, -0.2) is 77.8 Å². The second-order valence-electron chi connectivity index (χ2n) is 12.7. The Hall–Kier alpha value is -4.44. The first-order chi connectivity index (χ1) is 23.8. The lowest BCUT2D eigenvalue weighted by atomic mass is 9.70. The van der Waals surface area contributed by atoms with Crippen molar-refractivity contribution < 1.29 is 29.0 Å². The maximum atomic E-state index is 15.0. The summed E-state index contributed by atoms with van der Waals surface area (Å²) in [6, 6.07) is 21.9. The number of anilines is 2. The average Bonchev–Trinajstić information content (AvgIpc) is 3.77. The molecule has 256 valence electrons. The van der Waals surface area contributed by atoms with Crippen LogP contribution in [0.5, 0.6) is 5.75 Å². The van der Waals surface area contributed by atoms with Gasteiger partial charge in [-0.3, -0.25) is 14.4 Å². The normalized spacial score (nSPS) is 24.3. The maximum absolute atomic E-state index is 15.0. The minimum absolute atomic E-state index is 0.126. The Morgan fingerprint density at radius 2 is 1.69 bits per heavy atom. The van der Waals surface area contributed by atoms with Gasteiger partial charge in [-0.2, -0.15) is 0 Å². The summed E-state index contributed by atoms with van der Waals surface area (Å²) in [7, 11) is 0. The highest BCUT2D eigenvalue weighted by Crippen LogP contribution is 2.59. The molecule has 3 aliphatic heterocycles. The van der Waals surface area contributed by atoms with Gasteiger partial charge < -0.3 is 29.3 Å². The van der Waals surface area contributed by atoms with E-state index in [1.54, 1.807) is 53.5 Å². The number of aliphatic hydroxyl groups excluding tert-OH is 1. The smallest absolute Gasteiger partial charge is 0.253 e. The SMILES string of the molecule is C=CCN(C(=O)[C@@H]1[C@@H]2CCC3(O2)C(C(=O)N(CC=C)c2ccccc2Cl)N([C@@H](CO)Cc2ccccc2)C(=O)[C@H]13)c1ccc(OCC)cc1. The van der Waals surface area contributed by atoms with E-state index in [1.165, 1.54) is 9.80 Å². The van der Waals surface area contributed by atoms with Gasteiger partial charge in [0.2, 0.25) is 11.8 Å². The van der Waals surface area contributed by atoms with Crippen molar-refractivity contribution in [2.45, 2.75) is 50.0 Å². The lowest BCUT2D eigenvalue weighted by Gasteiger charge is -2.39. The van der Waals surface area contributed by atoms with Gasteiger partial charge in [0, 0.05) is 18.8 Å². The molecule has 3 amide bonds. The molecule has 3 heterocycles. The number of hydrogen-bond donors (Lipinski definition) is 1. The number of likely N-dealkylation sites (tertiary alicyclic amines) is 1. The third-order valence-corrected chi connectivity index (χ3v) is 10.3. The number of hydrogen-bond acceptors (Lipinski definition) is 6. The van der Waals surface area contributed by atoms with Crippen LogP contribution in [0.1, 0.15) is 25.3 Å². The summed E-state index contributed by atoms with van der Waals surface area (Å²) < 4.78 is 12.4. The van der Waals surface area contributed by atoms with Gasteiger partial charge >= 0.3 is 0 Å². The van der Waals surface area contributed by atoms with Crippen molar-refractivity contribution in [2.75, 3.05) is 36.1 Å². The molecule has 0 aliphatic carbocycles. The van der Waals surface area contributed by atoms with Crippen molar-refractivity contribution in [1.82, 2.24) is 4.90 Å². The van der Waals surface area contributed by atoms with E-state index >= 15 is 4.79 Å². The number of halogens is 1. The molecule has 1 spiro atoms. The Bertz CT molecular complexity index is 1700. The van der Waals surface area contributed by atoms with Crippen LogP contribution in [0.15, 0.2) is 104 Å². The topological polar surface area (TPSA) is 99.6 Å². The molecule has 10 heteroatoms. The molecule has 49 heavy (non-hydrogen) atoms. The second kappa shape index (κ2) is 14.6. The van der Waals surface area contributed by atoms with Crippen LogP contribution in [0.2, 0.25) is 5.02 Å². The van der Waals surface area contributed by atoms with E-state index in [2.05, 4.69) is 13.2 Å². The Labute approximate surface area is 292 Å². The summed E-state index contributed by atoms with van der Waals surface area (Å²) in [5.74, 6) is -2.17. The molecule has 0 saturated carbocycles. The Balaban J connectivity index is 1.43. The highest BCUT2D eigenvalue weighted by atomic mass is 35.5. The van der Waals surface area contributed by atoms with E-state index in [0.29, 0.717) is 48.0 Å². The molecule has 3 fully saturated rings. The summed E-state index contributed by atoms with van der Waals surface area (Å²) in [4.78, 5) is 49.2. The molecule has 6 atom stereocenters. The minimum atomic E-state index is -1.29. The first-order valence-electron chi connectivity index (χ1n) is 16.8. The van der Waals surface area contributed by atoms with Crippen LogP contribution in [0.25, 0.3) is 0 Å². The summed E-state index contributed by atoms with van der Waals surface area (Å²) in [6.45, 7) is 10.1.